The van der Waals surface area contributed by atoms with Gasteiger partial charge in [-0.05, 0) is 67.6 Å². The summed E-state index contributed by atoms with van der Waals surface area (Å²) >= 11 is 0. The van der Waals surface area contributed by atoms with Gasteiger partial charge in [0.15, 0.2) is 0 Å². The fourth-order valence-corrected chi connectivity index (χ4v) is 3.12. The SMILES string of the molecule is CCCOc1ccc(CCc2ccc3oc(C(C)NC(C)=O)cc3c2)cc1. The van der Waals surface area contributed by atoms with Crippen LogP contribution in [0.5, 0.6) is 5.75 Å². The first-order chi connectivity index (χ1) is 13.0. The molecule has 1 aromatic heterocycles. The number of hydrogen-bond donors (Lipinski definition) is 1. The fraction of sp³-hybridized carbons (Fsp3) is 0.348. The molecule has 1 atom stereocenters. The number of fused-ring (bicyclic) bond motifs is 1. The lowest BCUT2D eigenvalue weighted by molar-refractivity contribution is -0.119. The molecule has 0 aliphatic carbocycles. The molecule has 3 rings (SSSR count). The summed E-state index contributed by atoms with van der Waals surface area (Å²) in [5.41, 5.74) is 3.42. The Morgan fingerprint density at radius 2 is 1.78 bits per heavy atom. The lowest BCUT2D eigenvalue weighted by atomic mass is 10.0. The van der Waals surface area contributed by atoms with Crippen molar-refractivity contribution in [3.63, 3.8) is 0 Å². The van der Waals surface area contributed by atoms with Crippen LogP contribution >= 0.6 is 0 Å². The number of nitrogens with one attached hydrogen (secondary N) is 1. The normalized spacial score (nSPS) is 12.1. The molecule has 0 fully saturated rings. The summed E-state index contributed by atoms with van der Waals surface area (Å²) in [7, 11) is 0. The predicted molar refractivity (Wildman–Crippen MR) is 108 cm³/mol. The third kappa shape index (κ3) is 5.13. The van der Waals surface area contributed by atoms with E-state index in [1.165, 1.54) is 18.1 Å². The van der Waals surface area contributed by atoms with Crippen LogP contribution in [0.1, 0.15) is 50.1 Å². The van der Waals surface area contributed by atoms with Crippen LogP contribution in [0.25, 0.3) is 11.0 Å². The summed E-state index contributed by atoms with van der Waals surface area (Å²) in [6, 6.07) is 16.5. The van der Waals surface area contributed by atoms with Crippen molar-refractivity contribution in [3.8, 4) is 5.75 Å². The Morgan fingerprint density at radius 1 is 1.07 bits per heavy atom. The quantitative estimate of drug-likeness (QED) is 0.596. The molecule has 0 aliphatic rings. The number of furan rings is 1. The molecule has 1 amide bonds. The number of amides is 1. The van der Waals surface area contributed by atoms with Gasteiger partial charge >= 0.3 is 0 Å². The van der Waals surface area contributed by atoms with Crippen LogP contribution in [0.2, 0.25) is 0 Å². The van der Waals surface area contributed by atoms with Crippen LogP contribution in [-0.2, 0) is 17.6 Å². The molecule has 4 heteroatoms. The van der Waals surface area contributed by atoms with Crippen molar-refractivity contribution in [2.45, 2.75) is 46.1 Å². The monoisotopic (exact) mass is 365 g/mol. The standard InChI is InChI=1S/C23H27NO3/c1-4-13-26-21-10-7-18(8-11-21)5-6-19-9-12-22-20(14-19)15-23(27-22)16(2)24-17(3)25/h7-12,14-16H,4-6,13H2,1-3H3,(H,24,25). The first-order valence-corrected chi connectivity index (χ1v) is 9.56. The third-order valence-corrected chi connectivity index (χ3v) is 4.54. The molecule has 0 saturated heterocycles. The van der Waals surface area contributed by atoms with E-state index in [-0.39, 0.29) is 11.9 Å². The van der Waals surface area contributed by atoms with Gasteiger partial charge in [0.2, 0.25) is 5.91 Å². The summed E-state index contributed by atoms with van der Waals surface area (Å²) in [6.45, 7) is 6.30. The largest absolute Gasteiger partial charge is 0.494 e. The van der Waals surface area contributed by atoms with Crippen molar-refractivity contribution < 1.29 is 13.9 Å². The maximum Gasteiger partial charge on any atom is 0.217 e. The van der Waals surface area contributed by atoms with Gasteiger partial charge in [-0.2, -0.15) is 0 Å². The summed E-state index contributed by atoms with van der Waals surface area (Å²) in [6.07, 6.45) is 2.96. The molecule has 27 heavy (non-hydrogen) atoms. The van der Waals surface area contributed by atoms with E-state index in [1.54, 1.807) is 0 Å². The number of ether oxygens (including phenoxy) is 1. The molecule has 4 nitrogen and oxygen atoms in total. The van der Waals surface area contributed by atoms with E-state index in [0.717, 1.165) is 48.3 Å². The van der Waals surface area contributed by atoms with Crippen molar-refractivity contribution in [1.29, 1.82) is 0 Å². The summed E-state index contributed by atoms with van der Waals surface area (Å²) in [4.78, 5) is 11.2. The van der Waals surface area contributed by atoms with Crippen LogP contribution in [0.15, 0.2) is 52.9 Å². The van der Waals surface area contributed by atoms with Gasteiger partial charge in [0.05, 0.1) is 12.6 Å². The average Bonchev–Trinajstić information content (AvgIpc) is 3.08. The highest BCUT2D eigenvalue weighted by Gasteiger charge is 2.12. The Bertz CT molecular complexity index is 896. The van der Waals surface area contributed by atoms with Gasteiger partial charge < -0.3 is 14.5 Å². The number of rotatable bonds is 8. The van der Waals surface area contributed by atoms with Gasteiger partial charge in [0.25, 0.3) is 0 Å². The van der Waals surface area contributed by atoms with E-state index in [4.69, 9.17) is 9.15 Å². The number of carbonyl (C=O) groups excluding carboxylic acids is 1. The second kappa shape index (κ2) is 8.76. The molecular weight excluding hydrogens is 338 g/mol. The molecule has 1 unspecified atom stereocenters. The minimum absolute atomic E-state index is 0.0604. The highest BCUT2D eigenvalue weighted by atomic mass is 16.5. The van der Waals surface area contributed by atoms with Crippen molar-refractivity contribution in [2.75, 3.05) is 6.61 Å². The third-order valence-electron chi connectivity index (χ3n) is 4.54. The molecule has 0 saturated carbocycles. The molecule has 2 aromatic carbocycles. The molecule has 142 valence electrons. The Balaban J connectivity index is 1.64. The zero-order chi connectivity index (χ0) is 19.2. The molecule has 0 spiro atoms. The minimum Gasteiger partial charge on any atom is -0.494 e. The van der Waals surface area contributed by atoms with E-state index < -0.39 is 0 Å². The van der Waals surface area contributed by atoms with Crippen molar-refractivity contribution in [1.82, 2.24) is 5.32 Å². The molecule has 3 aromatic rings. The lowest BCUT2D eigenvalue weighted by Gasteiger charge is -2.08. The molecule has 0 aliphatic heterocycles. The van der Waals surface area contributed by atoms with Crippen LogP contribution in [-0.4, -0.2) is 12.5 Å². The second-order valence-electron chi connectivity index (χ2n) is 6.94. The van der Waals surface area contributed by atoms with Crippen LogP contribution in [0.3, 0.4) is 0 Å². The average molecular weight is 365 g/mol. The second-order valence-corrected chi connectivity index (χ2v) is 6.94. The number of carbonyl (C=O) groups is 1. The van der Waals surface area contributed by atoms with Gasteiger partial charge in [0.1, 0.15) is 17.1 Å². The Kier molecular flexibility index (Phi) is 6.17. The zero-order valence-electron chi connectivity index (χ0n) is 16.2. The Hall–Kier alpha value is -2.75. The van der Waals surface area contributed by atoms with Crippen molar-refractivity contribution in [2.24, 2.45) is 0 Å². The smallest absolute Gasteiger partial charge is 0.217 e. The fourth-order valence-electron chi connectivity index (χ4n) is 3.12. The first kappa shape index (κ1) is 19.0. The van der Waals surface area contributed by atoms with Crippen molar-refractivity contribution >= 4 is 16.9 Å². The van der Waals surface area contributed by atoms with E-state index >= 15 is 0 Å². The van der Waals surface area contributed by atoms with E-state index in [0.29, 0.717) is 0 Å². The predicted octanol–water partition coefficient (Wildman–Crippen LogP) is 5.20. The van der Waals surface area contributed by atoms with Crippen LogP contribution in [0.4, 0.5) is 0 Å². The minimum atomic E-state index is -0.133. The van der Waals surface area contributed by atoms with Gasteiger partial charge in [-0.25, -0.2) is 0 Å². The number of hydrogen-bond acceptors (Lipinski definition) is 3. The van der Waals surface area contributed by atoms with E-state index in [2.05, 4.69) is 36.5 Å². The summed E-state index contributed by atoms with van der Waals surface area (Å²) in [5, 5.41) is 3.93. The van der Waals surface area contributed by atoms with E-state index in [1.807, 2.05) is 31.2 Å². The molecular formula is C23H27NO3. The van der Waals surface area contributed by atoms with Gasteiger partial charge in [-0.3, -0.25) is 4.79 Å². The Morgan fingerprint density at radius 3 is 2.48 bits per heavy atom. The molecule has 0 bridgehead atoms. The maximum atomic E-state index is 11.2. The summed E-state index contributed by atoms with van der Waals surface area (Å²) in [5.74, 6) is 1.65. The maximum absolute atomic E-state index is 11.2. The Labute approximate surface area is 160 Å². The molecule has 1 heterocycles. The number of benzene rings is 2. The first-order valence-electron chi connectivity index (χ1n) is 9.56. The zero-order valence-corrected chi connectivity index (χ0v) is 16.2. The van der Waals surface area contributed by atoms with Gasteiger partial charge in [0, 0.05) is 12.3 Å². The lowest BCUT2D eigenvalue weighted by Crippen LogP contribution is -2.23. The van der Waals surface area contributed by atoms with Gasteiger partial charge in [-0.15, -0.1) is 0 Å². The number of aryl methyl sites for hydroxylation is 2. The van der Waals surface area contributed by atoms with E-state index in [9.17, 15) is 4.79 Å². The van der Waals surface area contributed by atoms with Crippen molar-refractivity contribution in [3.05, 3.63) is 65.4 Å². The molecule has 1 N–H and O–H groups in total. The molecule has 0 radical (unpaired) electrons. The van der Waals surface area contributed by atoms with Crippen LogP contribution in [0, 0.1) is 0 Å². The highest BCUT2D eigenvalue weighted by molar-refractivity contribution is 5.79. The summed E-state index contributed by atoms with van der Waals surface area (Å²) < 4.78 is 11.5. The highest BCUT2D eigenvalue weighted by Crippen LogP contribution is 2.25. The topological polar surface area (TPSA) is 51.5 Å². The van der Waals surface area contributed by atoms with Crippen LogP contribution < -0.4 is 10.1 Å². The van der Waals surface area contributed by atoms with Gasteiger partial charge in [-0.1, -0.05) is 25.1 Å².